The zero-order chi connectivity index (χ0) is 17.4. The van der Waals surface area contributed by atoms with E-state index in [0.717, 1.165) is 16.0 Å². The van der Waals surface area contributed by atoms with Crippen LogP contribution < -0.4 is 10.2 Å². The molecular weight excluding hydrogens is 306 g/mol. The zero-order valence-electron chi connectivity index (χ0n) is 13.7. The Bertz CT molecular complexity index is 893. The van der Waals surface area contributed by atoms with Gasteiger partial charge in [0.25, 0.3) is 11.8 Å². The Morgan fingerprint density at radius 3 is 2.42 bits per heavy atom. The molecule has 2 heterocycles. The van der Waals surface area contributed by atoms with E-state index in [1.165, 1.54) is 6.08 Å². The van der Waals surface area contributed by atoms with Crippen molar-refractivity contribution < 1.29 is 14.4 Å². The van der Waals surface area contributed by atoms with Crippen molar-refractivity contribution in [2.45, 2.75) is 13.8 Å². The van der Waals surface area contributed by atoms with Crippen LogP contribution in [0.3, 0.4) is 0 Å². The summed E-state index contributed by atoms with van der Waals surface area (Å²) in [4.78, 5) is 37.9. The minimum absolute atomic E-state index is 0.0703. The number of amides is 4. The maximum Gasteiger partial charge on any atom is 0.335 e. The predicted octanol–water partition coefficient (Wildman–Crippen LogP) is 2.31. The summed E-state index contributed by atoms with van der Waals surface area (Å²) in [6.07, 6.45) is 5.08. The number of urea groups is 1. The third-order valence-corrected chi connectivity index (χ3v) is 4.02. The number of carbonyl (C=O) groups excluding carboxylic acids is 3. The van der Waals surface area contributed by atoms with Crippen LogP contribution in [0.5, 0.6) is 0 Å². The van der Waals surface area contributed by atoms with Crippen LogP contribution in [0.1, 0.15) is 16.7 Å². The number of hydrogen-bond donors (Lipinski definition) is 1. The van der Waals surface area contributed by atoms with Gasteiger partial charge in [-0.15, -0.1) is 0 Å². The summed E-state index contributed by atoms with van der Waals surface area (Å²) < 4.78 is 1.81. The van der Waals surface area contributed by atoms with E-state index in [1.807, 2.05) is 37.7 Å². The number of nitrogens with one attached hydrogen (secondary N) is 1. The highest BCUT2D eigenvalue weighted by molar-refractivity contribution is 6.39. The van der Waals surface area contributed by atoms with Gasteiger partial charge >= 0.3 is 6.03 Å². The Morgan fingerprint density at radius 2 is 1.79 bits per heavy atom. The van der Waals surface area contributed by atoms with Crippen molar-refractivity contribution in [2.75, 3.05) is 4.90 Å². The zero-order valence-corrected chi connectivity index (χ0v) is 13.7. The normalized spacial score (nSPS) is 16.7. The maximum absolute atomic E-state index is 12.7. The molecule has 1 fully saturated rings. The van der Waals surface area contributed by atoms with Crippen molar-refractivity contribution in [1.29, 1.82) is 0 Å². The number of barbiturate groups is 1. The summed E-state index contributed by atoms with van der Waals surface area (Å²) in [7, 11) is 1.84. The van der Waals surface area contributed by atoms with E-state index >= 15 is 0 Å². The van der Waals surface area contributed by atoms with Gasteiger partial charge in [-0.2, -0.15) is 0 Å². The second-order valence-electron chi connectivity index (χ2n) is 5.84. The number of benzene rings is 1. The van der Waals surface area contributed by atoms with E-state index in [4.69, 9.17) is 0 Å². The highest BCUT2D eigenvalue weighted by Gasteiger charge is 2.36. The molecule has 0 bridgehead atoms. The molecule has 0 unspecified atom stereocenters. The fourth-order valence-electron chi connectivity index (χ4n) is 2.53. The van der Waals surface area contributed by atoms with Gasteiger partial charge in [0, 0.05) is 19.4 Å². The molecule has 122 valence electrons. The first-order chi connectivity index (χ1) is 11.4. The molecule has 3 rings (SSSR count). The third kappa shape index (κ3) is 2.74. The van der Waals surface area contributed by atoms with Crippen molar-refractivity contribution in [3.8, 4) is 0 Å². The third-order valence-electron chi connectivity index (χ3n) is 4.02. The second-order valence-corrected chi connectivity index (χ2v) is 5.84. The first-order valence-electron chi connectivity index (χ1n) is 7.47. The van der Waals surface area contributed by atoms with E-state index in [2.05, 4.69) is 5.32 Å². The molecule has 24 heavy (non-hydrogen) atoms. The number of hydrogen-bond acceptors (Lipinski definition) is 3. The average molecular weight is 323 g/mol. The molecule has 0 atom stereocenters. The largest absolute Gasteiger partial charge is 0.357 e. The highest BCUT2D eigenvalue weighted by Crippen LogP contribution is 2.24. The van der Waals surface area contributed by atoms with Crippen molar-refractivity contribution in [3.05, 3.63) is 58.9 Å². The molecule has 0 saturated carbocycles. The smallest absolute Gasteiger partial charge is 0.335 e. The first-order valence-corrected chi connectivity index (χ1v) is 7.47. The molecule has 0 radical (unpaired) electrons. The minimum Gasteiger partial charge on any atom is -0.357 e. The molecule has 1 aromatic carbocycles. The average Bonchev–Trinajstić information content (AvgIpc) is 2.92. The van der Waals surface area contributed by atoms with Crippen molar-refractivity contribution >= 4 is 29.6 Å². The Balaban J connectivity index is 2.02. The Morgan fingerprint density at radius 1 is 1.04 bits per heavy atom. The molecule has 2 aromatic rings. The number of rotatable bonds is 2. The summed E-state index contributed by atoms with van der Waals surface area (Å²) in [5.74, 6) is -1.32. The number of imide groups is 2. The summed E-state index contributed by atoms with van der Waals surface area (Å²) >= 11 is 0. The molecule has 0 spiro atoms. The summed E-state index contributed by atoms with van der Waals surface area (Å²) in [5.41, 5.74) is 3.09. The fraction of sp³-hybridized carbons (Fsp3) is 0.167. The number of anilines is 1. The molecule has 6 nitrogen and oxygen atoms in total. The van der Waals surface area contributed by atoms with E-state index in [9.17, 15) is 14.4 Å². The first kappa shape index (κ1) is 15.7. The van der Waals surface area contributed by atoms with Crippen molar-refractivity contribution in [2.24, 2.45) is 7.05 Å². The van der Waals surface area contributed by atoms with Gasteiger partial charge in [0.05, 0.1) is 5.69 Å². The SMILES string of the molecule is Cc1ccc(N2C(=O)NC(=O)/C(=C/c3ccn(C)c3)C2=O)cc1C. The quantitative estimate of drug-likeness (QED) is 0.681. The van der Waals surface area contributed by atoms with Crippen LogP contribution in [-0.4, -0.2) is 22.4 Å². The molecule has 1 aliphatic heterocycles. The molecule has 1 saturated heterocycles. The number of aryl methyl sites for hydroxylation is 3. The molecular formula is C18H17N3O3. The van der Waals surface area contributed by atoms with Crippen LogP contribution in [0.15, 0.2) is 42.2 Å². The molecule has 1 N–H and O–H groups in total. The standard InChI is InChI=1S/C18H17N3O3/c1-11-4-5-14(8-12(11)2)21-17(23)15(16(22)19-18(21)24)9-13-6-7-20(3)10-13/h4-10H,1-3H3,(H,19,22,24)/b15-9-. The Hall–Kier alpha value is -3.15. The van der Waals surface area contributed by atoms with E-state index in [-0.39, 0.29) is 5.57 Å². The van der Waals surface area contributed by atoms with Gasteiger partial charge in [-0.1, -0.05) is 6.07 Å². The van der Waals surface area contributed by atoms with Gasteiger partial charge < -0.3 is 4.57 Å². The van der Waals surface area contributed by atoms with Crippen molar-refractivity contribution in [3.63, 3.8) is 0 Å². The Kier molecular flexibility index (Phi) is 3.81. The van der Waals surface area contributed by atoms with E-state index in [1.54, 1.807) is 24.4 Å². The van der Waals surface area contributed by atoms with Crippen molar-refractivity contribution in [1.82, 2.24) is 9.88 Å². The fourth-order valence-corrected chi connectivity index (χ4v) is 2.53. The lowest BCUT2D eigenvalue weighted by Gasteiger charge is -2.26. The molecule has 1 aliphatic rings. The summed E-state index contributed by atoms with van der Waals surface area (Å²) in [5, 5.41) is 2.22. The maximum atomic E-state index is 12.7. The molecule has 1 aromatic heterocycles. The van der Waals surface area contributed by atoms with Crippen LogP contribution >= 0.6 is 0 Å². The molecule has 0 aliphatic carbocycles. The van der Waals surface area contributed by atoms with Gasteiger partial charge in [0.2, 0.25) is 0 Å². The van der Waals surface area contributed by atoms with Gasteiger partial charge in [-0.05, 0) is 54.8 Å². The number of aromatic nitrogens is 1. The topological polar surface area (TPSA) is 71.4 Å². The lowest BCUT2D eigenvalue weighted by molar-refractivity contribution is -0.122. The van der Waals surface area contributed by atoms with Gasteiger partial charge in [0.1, 0.15) is 5.57 Å². The lowest BCUT2D eigenvalue weighted by atomic mass is 10.1. The number of carbonyl (C=O) groups is 3. The second kappa shape index (κ2) is 5.81. The van der Waals surface area contributed by atoms with E-state index < -0.39 is 17.8 Å². The highest BCUT2D eigenvalue weighted by atomic mass is 16.2. The van der Waals surface area contributed by atoms with Gasteiger partial charge in [-0.3, -0.25) is 14.9 Å². The minimum atomic E-state index is -0.738. The monoisotopic (exact) mass is 323 g/mol. The predicted molar refractivity (Wildman–Crippen MR) is 90.3 cm³/mol. The van der Waals surface area contributed by atoms with Crippen LogP contribution in [0, 0.1) is 13.8 Å². The molecule has 4 amide bonds. The number of nitrogens with zero attached hydrogens (tertiary/aromatic N) is 2. The van der Waals surface area contributed by atoms with Gasteiger partial charge in [0.15, 0.2) is 0 Å². The summed E-state index contributed by atoms with van der Waals surface area (Å²) in [6.45, 7) is 3.85. The van der Waals surface area contributed by atoms with Gasteiger partial charge in [-0.25, -0.2) is 9.69 Å². The molecule has 6 heteroatoms. The van der Waals surface area contributed by atoms with Crippen LogP contribution in [0.2, 0.25) is 0 Å². The van der Waals surface area contributed by atoms with Crippen LogP contribution in [-0.2, 0) is 16.6 Å². The van der Waals surface area contributed by atoms with Crippen LogP contribution in [0.4, 0.5) is 10.5 Å². The summed E-state index contributed by atoms with van der Waals surface area (Å²) in [6, 6.07) is 6.32. The van der Waals surface area contributed by atoms with Crippen LogP contribution in [0.25, 0.3) is 6.08 Å². The van der Waals surface area contributed by atoms with E-state index in [0.29, 0.717) is 11.3 Å². The lowest BCUT2D eigenvalue weighted by Crippen LogP contribution is -2.54. The Labute approximate surface area is 139 Å².